The Hall–Kier alpha value is -1.92. The molecule has 0 bridgehead atoms. The highest BCUT2D eigenvalue weighted by Crippen LogP contribution is 2.22. The van der Waals surface area contributed by atoms with Crippen molar-refractivity contribution in [1.29, 1.82) is 0 Å². The van der Waals surface area contributed by atoms with Crippen molar-refractivity contribution in [2.24, 2.45) is 0 Å². The third kappa shape index (κ3) is 3.04. The molecule has 0 aliphatic carbocycles. The van der Waals surface area contributed by atoms with Crippen molar-refractivity contribution in [2.45, 2.75) is 6.30 Å². The second-order valence-electron chi connectivity index (χ2n) is 2.91. The first-order valence-electron chi connectivity index (χ1n) is 4.16. The average Bonchev–Trinajstić information content (AvgIpc) is 2.15. The minimum absolute atomic E-state index is 0.148. The number of hydrogen-bond donors (Lipinski definition) is 2. The molecular formula is C9H9F3N2O2. The molecular weight excluding hydrogens is 225 g/mol. The van der Waals surface area contributed by atoms with Crippen LogP contribution < -0.4 is 15.8 Å². The molecule has 1 aromatic rings. The summed E-state index contributed by atoms with van der Waals surface area (Å²) in [4.78, 5) is 11.1. The molecule has 16 heavy (non-hydrogen) atoms. The Balaban J connectivity index is 2.93. The Morgan fingerprint density at radius 1 is 1.44 bits per heavy atom. The summed E-state index contributed by atoms with van der Waals surface area (Å²) in [6, 6.07) is 3.61. The molecule has 7 heteroatoms. The van der Waals surface area contributed by atoms with Crippen LogP contribution in [0.25, 0.3) is 0 Å². The van der Waals surface area contributed by atoms with E-state index >= 15 is 0 Å². The highest BCUT2D eigenvalue weighted by atomic mass is 19.4. The summed E-state index contributed by atoms with van der Waals surface area (Å²) >= 11 is 0. The van der Waals surface area contributed by atoms with Crippen molar-refractivity contribution >= 4 is 11.6 Å². The van der Waals surface area contributed by atoms with Crippen molar-refractivity contribution in [3.63, 3.8) is 0 Å². The molecule has 88 valence electrons. The number of hydrogen-bond acceptors (Lipinski definition) is 3. The second-order valence-corrected chi connectivity index (χ2v) is 2.91. The summed E-state index contributed by atoms with van der Waals surface area (Å²) in [5.74, 6) is -1.11. The number of amides is 1. The van der Waals surface area contributed by atoms with Gasteiger partial charge in [-0.1, -0.05) is 0 Å². The Labute approximate surface area is 89.2 Å². The zero-order chi connectivity index (χ0) is 12.3. The standard InChI is InChI=1S/C9H9F3N2O2/c1-16-7-4-5(2-3-6(7)13)8(15)14-9(10,11)12/h2-4H,13H2,1H3,(H,14,15). The number of nitrogen functional groups attached to an aromatic ring is 1. The van der Waals surface area contributed by atoms with Gasteiger partial charge in [-0.15, -0.1) is 0 Å². The molecule has 0 aromatic heterocycles. The van der Waals surface area contributed by atoms with Gasteiger partial charge in [0.1, 0.15) is 5.75 Å². The fourth-order valence-electron chi connectivity index (χ4n) is 1.05. The van der Waals surface area contributed by atoms with Crippen LogP contribution in [0, 0.1) is 0 Å². The monoisotopic (exact) mass is 234 g/mol. The zero-order valence-corrected chi connectivity index (χ0v) is 8.26. The largest absolute Gasteiger partial charge is 0.495 e. The number of carbonyl (C=O) groups excluding carboxylic acids is 1. The number of carbonyl (C=O) groups is 1. The van der Waals surface area contributed by atoms with Crippen LogP contribution >= 0.6 is 0 Å². The molecule has 4 nitrogen and oxygen atoms in total. The molecule has 0 saturated heterocycles. The molecule has 0 aliphatic heterocycles. The molecule has 0 unspecified atom stereocenters. The molecule has 0 spiro atoms. The van der Waals surface area contributed by atoms with Crippen LogP contribution in [0.4, 0.5) is 18.9 Å². The van der Waals surface area contributed by atoms with E-state index in [1.54, 1.807) is 0 Å². The Morgan fingerprint density at radius 3 is 2.56 bits per heavy atom. The Morgan fingerprint density at radius 2 is 2.06 bits per heavy atom. The lowest BCUT2D eigenvalue weighted by atomic mass is 10.2. The van der Waals surface area contributed by atoms with Gasteiger partial charge in [-0.05, 0) is 18.2 Å². The van der Waals surface area contributed by atoms with Gasteiger partial charge in [0.15, 0.2) is 0 Å². The van der Waals surface area contributed by atoms with Gasteiger partial charge >= 0.3 is 6.30 Å². The smallest absolute Gasteiger partial charge is 0.484 e. The molecule has 0 saturated carbocycles. The van der Waals surface area contributed by atoms with Gasteiger partial charge < -0.3 is 10.5 Å². The highest BCUT2D eigenvalue weighted by Gasteiger charge is 2.30. The lowest BCUT2D eigenvalue weighted by Gasteiger charge is -2.10. The number of nitrogens with one attached hydrogen (secondary N) is 1. The van der Waals surface area contributed by atoms with Crippen LogP contribution in [0.3, 0.4) is 0 Å². The van der Waals surface area contributed by atoms with Gasteiger partial charge in [0.05, 0.1) is 12.8 Å². The van der Waals surface area contributed by atoms with E-state index in [-0.39, 0.29) is 17.0 Å². The predicted molar refractivity (Wildman–Crippen MR) is 50.9 cm³/mol. The van der Waals surface area contributed by atoms with Crippen molar-refractivity contribution in [3.05, 3.63) is 23.8 Å². The summed E-state index contributed by atoms with van der Waals surface area (Å²) in [5, 5.41) is 0.871. The minimum Gasteiger partial charge on any atom is -0.495 e. The number of anilines is 1. The van der Waals surface area contributed by atoms with Gasteiger partial charge in [0.25, 0.3) is 5.91 Å². The lowest BCUT2D eigenvalue weighted by molar-refractivity contribution is -0.146. The van der Waals surface area contributed by atoms with E-state index in [4.69, 9.17) is 10.5 Å². The first-order chi connectivity index (χ1) is 7.33. The number of rotatable bonds is 2. The minimum atomic E-state index is -4.76. The van der Waals surface area contributed by atoms with Gasteiger partial charge in [-0.2, -0.15) is 13.2 Å². The fourth-order valence-corrected chi connectivity index (χ4v) is 1.05. The van der Waals surface area contributed by atoms with Gasteiger partial charge in [0, 0.05) is 5.56 Å². The first kappa shape index (κ1) is 12.2. The summed E-state index contributed by atoms with van der Waals surface area (Å²) < 4.78 is 40.4. The van der Waals surface area contributed by atoms with Gasteiger partial charge in [-0.25, -0.2) is 0 Å². The predicted octanol–water partition coefficient (Wildman–Crippen LogP) is 1.53. The number of alkyl halides is 3. The zero-order valence-electron chi connectivity index (χ0n) is 8.26. The normalized spacial score (nSPS) is 11.0. The molecule has 1 rings (SSSR count). The van der Waals surface area contributed by atoms with Crippen LogP contribution in [-0.2, 0) is 0 Å². The maximum Gasteiger partial charge on any atom is 0.484 e. The highest BCUT2D eigenvalue weighted by molar-refractivity contribution is 5.95. The SMILES string of the molecule is COc1cc(C(=O)NC(F)(F)F)ccc1N. The molecule has 1 amide bonds. The van der Waals surface area contributed by atoms with Crippen molar-refractivity contribution in [3.8, 4) is 5.75 Å². The fraction of sp³-hybridized carbons (Fsp3) is 0.222. The van der Waals surface area contributed by atoms with Crippen LogP contribution in [0.1, 0.15) is 10.4 Å². The second kappa shape index (κ2) is 4.30. The molecule has 1 aromatic carbocycles. The van der Waals surface area contributed by atoms with Crippen molar-refractivity contribution in [2.75, 3.05) is 12.8 Å². The first-order valence-corrected chi connectivity index (χ1v) is 4.16. The number of halogens is 3. The quantitative estimate of drug-likeness (QED) is 0.602. The van der Waals surface area contributed by atoms with Crippen LogP contribution in [0.5, 0.6) is 5.75 Å². The number of benzene rings is 1. The maximum atomic E-state index is 11.9. The van der Waals surface area contributed by atoms with Crippen molar-refractivity contribution in [1.82, 2.24) is 5.32 Å². The van der Waals surface area contributed by atoms with E-state index in [2.05, 4.69) is 0 Å². The Bertz CT molecular complexity index is 404. The molecule has 0 radical (unpaired) electrons. The number of nitrogens with two attached hydrogens (primary N) is 1. The summed E-state index contributed by atoms with van der Waals surface area (Å²) in [6.07, 6.45) is -4.76. The summed E-state index contributed by atoms with van der Waals surface area (Å²) in [6.45, 7) is 0. The number of ether oxygens (including phenoxy) is 1. The number of methoxy groups -OCH3 is 1. The van der Waals surface area contributed by atoms with Gasteiger partial charge in [0.2, 0.25) is 0 Å². The van der Waals surface area contributed by atoms with E-state index in [1.165, 1.54) is 19.2 Å². The summed E-state index contributed by atoms with van der Waals surface area (Å²) in [5.41, 5.74) is 5.51. The Kier molecular flexibility index (Phi) is 3.26. The van der Waals surface area contributed by atoms with Crippen molar-refractivity contribution < 1.29 is 22.7 Å². The molecule has 0 fully saturated rings. The van der Waals surface area contributed by atoms with E-state index < -0.39 is 12.2 Å². The maximum absolute atomic E-state index is 11.9. The van der Waals surface area contributed by atoms with Crippen LogP contribution in [0.2, 0.25) is 0 Å². The molecule has 0 heterocycles. The lowest BCUT2D eigenvalue weighted by Crippen LogP contribution is -2.37. The van der Waals surface area contributed by atoms with Crippen LogP contribution in [0.15, 0.2) is 18.2 Å². The van der Waals surface area contributed by atoms with E-state index in [1.807, 2.05) is 0 Å². The summed E-state index contributed by atoms with van der Waals surface area (Å²) in [7, 11) is 1.30. The third-order valence-electron chi connectivity index (χ3n) is 1.75. The van der Waals surface area contributed by atoms with Gasteiger partial charge in [-0.3, -0.25) is 10.1 Å². The molecule has 0 atom stereocenters. The topological polar surface area (TPSA) is 64.3 Å². The molecule has 3 N–H and O–H groups in total. The van der Waals surface area contributed by atoms with E-state index in [9.17, 15) is 18.0 Å². The van der Waals surface area contributed by atoms with E-state index in [0.29, 0.717) is 0 Å². The average molecular weight is 234 g/mol. The molecule has 0 aliphatic rings. The van der Waals surface area contributed by atoms with Crippen LogP contribution in [-0.4, -0.2) is 19.3 Å². The van der Waals surface area contributed by atoms with E-state index in [0.717, 1.165) is 11.4 Å². The third-order valence-corrected chi connectivity index (χ3v) is 1.75.